The summed E-state index contributed by atoms with van der Waals surface area (Å²) in [5.41, 5.74) is 1.76. The molecule has 1 saturated carbocycles. The molecule has 2 fully saturated rings. The van der Waals surface area contributed by atoms with Gasteiger partial charge in [-0.05, 0) is 32.8 Å². The van der Waals surface area contributed by atoms with Crippen molar-refractivity contribution in [2.75, 3.05) is 14.1 Å². The monoisotopic (exact) mass is 378 g/mol. The van der Waals surface area contributed by atoms with Crippen LogP contribution >= 0.6 is 11.6 Å². The first kappa shape index (κ1) is 17.7. The van der Waals surface area contributed by atoms with Crippen LogP contribution in [0.2, 0.25) is 5.15 Å². The van der Waals surface area contributed by atoms with Crippen LogP contribution in [0.15, 0.2) is 12.5 Å². The van der Waals surface area contributed by atoms with E-state index in [0.29, 0.717) is 11.6 Å². The zero-order chi connectivity index (χ0) is 18.8. The van der Waals surface area contributed by atoms with Crippen molar-refractivity contribution in [1.29, 1.82) is 0 Å². The molecule has 1 aliphatic carbocycles. The van der Waals surface area contributed by atoms with Gasteiger partial charge in [0.25, 0.3) is 0 Å². The van der Waals surface area contributed by atoms with Crippen LogP contribution in [0.4, 0.5) is 0 Å². The number of carbonyl (C=O) groups is 1. The highest BCUT2D eigenvalue weighted by Crippen LogP contribution is 2.48. The number of aromatic nitrogens is 3. The molecule has 140 valence electrons. The molecule has 26 heavy (non-hydrogen) atoms. The molecule has 3 heterocycles. The summed E-state index contributed by atoms with van der Waals surface area (Å²) >= 11 is 6.28. The number of aryl methyl sites for hydroxylation is 1. The summed E-state index contributed by atoms with van der Waals surface area (Å²) < 4.78 is 14.4. The SMILES string of the molecule is Cc1cn([C@@H]2C[C@H](C(=O)N(C)C)[C@H]3OC(C)(C)O[C@H]32)c2ncnc(Cl)c12. The number of nitrogens with zero attached hydrogens (tertiary/aromatic N) is 4. The van der Waals surface area contributed by atoms with Gasteiger partial charge in [-0.1, -0.05) is 11.6 Å². The van der Waals surface area contributed by atoms with E-state index < -0.39 is 5.79 Å². The van der Waals surface area contributed by atoms with Crippen LogP contribution in [-0.4, -0.2) is 57.4 Å². The molecular formula is C18H23ClN4O3. The fourth-order valence-electron chi connectivity index (χ4n) is 4.28. The quantitative estimate of drug-likeness (QED) is 0.751. The Morgan fingerprint density at radius 3 is 2.69 bits per heavy atom. The van der Waals surface area contributed by atoms with Gasteiger partial charge in [0.15, 0.2) is 5.79 Å². The van der Waals surface area contributed by atoms with Crippen molar-refractivity contribution in [2.24, 2.45) is 5.92 Å². The van der Waals surface area contributed by atoms with Gasteiger partial charge in [-0.3, -0.25) is 4.79 Å². The van der Waals surface area contributed by atoms with Gasteiger partial charge in [-0.2, -0.15) is 0 Å². The summed E-state index contributed by atoms with van der Waals surface area (Å²) in [6.45, 7) is 5.76. The number of halogens is 1. The Hall–Kier alpha value is -1.70. The standard InChI is InChI=1S/C18H23ClN4O3/c1-9-7-23(16-12(9)15(19)20-8-21-16)11-6-10(17(24)22(4)5)13-14(11)26-18(2,3)25-13/h7-8,10-11,13-14H,6H2,1-5H3/t10-,11+,13+,14-/m0/s1. The summed E-state index contributed by atoms with van der Waals surface area (Å²) in [5.74, 6) is -0.912. The predicted octanol–water partition coefficient (Wildman–Crippen LogP) is 2.56. The van der Waals surface area contributed by atoms with Crippen LogP contribution in [0.1, 0.15) is 31.9 Å². The smallest absolute Gasteiger partial charge is 0.227 e. The molecule has 2 aromatic heterocycles. The normalized spacial score (nSPS) is 29.9. The molecule has 4 atom stereocenters. The van der Waals surface area contributed by atoms with Crippen molar-refractivity contribution in [3.8, 4) is 0 Å². The molecule has 7 nitrogen and oxygen atoms in total. The van der Waals surface area contributed by atoms with Crippen LogP contribution in [0, 0.1) is 12.8 Å². The maximum atomic E-state index is 12.7. The summed E-state index contributed by atoms with van der Waals surface area (Å²) in [7, 11) is 3.54. The Morgan fingerprint density at radius 1 is 1.31 bits per heavy atom. The van der Waals surface area contributed by atoms with Crippen molar-refractivity contribution >= 4 is 28.5 Å². The Kier molecular flexibility index (Phi) is 4.02. The van der Waals surface area contributed by atoms with Gasteiger partial charge in [0.05, 0.1) is 17.3 Å². The molecule has 8 heteroatoms. The topological polar surface area (TPSA) is 69.5 Å². The first-order chi connectivity index (χ1) is 12.2. The summed E-state index contributed by atoms with van der Waals surface area (Å²) in [5, 5.41) is 1.27. The highest BCUT2D eigenvalue weighted by molar-refractivity contribution is 6.34. The second-order valence-electron chi connectivity index (χ2n) is 7.79. The van der Waals surface area contributed by atoms with E-state index in [2.05, 4.69) is 14.5 Å². The van der Waals surface area contributed by atoms with E-state index in [1.165, 1.54) is 6.33 Å². The van der Waals surface area contributed by atoms with Crippen molar-refractivity contribution in [3.63, 3.8) is 0 Å². The van der Waals surface area contributed by atoms with Crippen LogP contribution in [-0.2, 0) is 14.3 Å². The van der Waals surface area contributed by atoms with E-state index >= 15 is 0 Å². The molecule has 0 unspecified atom stereocenters. The van der Waals surface area contributed by atoms with Gasteiger partial charge in [-0.25, -0.2) is 9.97 Å². The number of hydrogen-bond donors (Lipinski definition) is 0. The van der Waals surface area contributed by atoms with Crippen molar-refractivity contribution < 1.29 is 14.3 Å². The van der Waals surface area contributed by atoms with Gasteiger partial charge < -0.3 is 18.9 Å². The Balaban J connectivity index is 1.80. The van der Waals surface area contributed by atoms with E-state index in [9.17, 15) is 4.79 Å². The lowest BCUT2D eigenvalue weighted by Gasteiger charge is -2.25. The van der Waals surface area contributed by atoms with E-state index in [1.807, 2.05) is 27.0 Å². The Morgan fingerprint density at radius 2 is 2.00 bits per heavy atom. The number of hydrogen-bond acceptors (Lipinski definition) is 5. The second kappa shape index (κ2) is 5.90. The van der Waals surface area contributed by atoms with Gasteiger partial charge in [-0.15, -0.1) is 0 Å². The number of rotatable bonds is 2. The van der Waals surface area contributed by atoms with E-state index in [0.717, 1.165) is 16.6 Å². The number of ether oxygens (including phenoxy) is 2. The molecule has 0 aromatic carbocycles. The zero-order valence-electron chi connectivity index (χ0n) is 15.6. The molecule has 4 rings (SSSR count). The molecule has 1 aliphatic heterocycles. The lowest BCUT2D eigenvalue weighted by atomic mass is 10.0. The number of fused-ring (bicyclic) bond motifs is 2. The van der Waals surface area contributed by atoms with Crippen LogP contribution in [0.5, 0.6) is 0 Å². The van der Waals surface area contributed by atoms with Gasteiger partial charge >= 0.3 is 0 Å². The minimum Gasteiger partial charge on any atom is -0.348 e. The molecular weight excluding hydrogens is 356 g/mol. The summed E-state index contributed by atoms with van der Waals surface area (Å²) in [4.78, 5) is 22.9. The molecule has 1 saturated heterocycles. The largest absolute Gasteiger partial charge is 0.348 e. The fourth-order valence-corrected chi connectivity index (χ4v) is 4.55. The summed E-state index contributed by atoms with van der Waals surface area (Å²) in [6, 6.07) is -0.0576. The fraction of sp³-hybridized carbons (Fsp3) is 0.611. The van der Waals surface area contributed by atoms with Crippen molar-refractivity contribution in [2.45, 2.75) is 51.2 Å². The van der Waals surface area contributed by atoms with Gasteiger partial charge in [0, 0.05) is 20.3 Å². The first-order valence-electron chi connectivity index (χ1n) is 8.74. The van der Waals surface area contributed by atoms with Crippen LogP contribution in [0.25, 0.3) is 11.0 Å². The Bertz CT molecular complexity index is 879. The maximum absolute atomic E-state index is 12.7. The van der Waals surface area contributed by atoms with Gasteiger partial charge in [0.2, 0.25) is 5.91 Å². The third-order valence-electron chi connectivity index (χ3n) is 5.30. The third-order valence-corrected chi connectivity index (χ3v) is 5.59. The summed E-state index contributed by atoms with van der Waals surface area (Å²) in [6.07, 6.45) is 3.62. The zero-order valence-corrected chi connectivity index (χ0v) is 16.3. The third kappa shape index (κ3) is 2.61. The molecule has 0 bridgehead atoms. The van der Waals surface area contributed by atoms with Crippen LogP contribution in [0.3, 0.4) is 0 Å². The minimum absolute atomic E-state index is 0.0576. The van der Waals surface area contributed by atoms with E-state index in [4.69, 9.17) is 21.1 Å². The van der Waals surface area contributed by atoms with Crippen LogP contribution < -0.4 is 0 Å². The number of carbonyl (C=O) groups excluding carboxylic acids is 1. The average Bonchev–Trinajstić information content (AvgIpc) is 3.16. The van der Waals surface area contributed by atoms with Gasteiger partial charge in [0.1, 0.15) is 29.3 Å². The van der Waals surface area contributed by atoms with E-state index in [1.54, 1.807) is 19.0 Å². The average molecular weight is 379 g/mol. The minimum atomic E-state index is -0.719. The lowest BCUT2D eigenvalue weighted by Crippen LogP contribution is -2.37. The first-order valence-corrected chi connectivity index (χ1v) is 9.12. The highest BCUT2D eigenvalue weighted by Gasteiger charge is 2.57. The molecule has 2 aromatic rings. The number of amides is 1. The van der Waals surface area contributed by atoms with Crippen molar-refractivity contribution in [1.82, 2.24) is 19.4 Å². The molecule has 1 amide bonds. The second-order valence-corrected chi connectivity index (χ2v) is 8.15. The van der Waals surface area contributed by atoms with E-state index in [-0.39, 0.29) is 30.1 Å². The predicted molar refractivity (Wildman–Crippen MR) is 96.9 cm³/mol. The molecule has 2 aliphatic rings. The maximum Gasteiger partial charge on any atom is 0.227 e. The lowest BCUT2D eigenvalue weighted by molar-refractivity contribution is -0.165. The Labute approximate surface area is 157 Å². The molecule has 0 N–H and O–H groups in total. The van der Waals surface area contributed by atoms with Crippen molar-refractivity contribution in [3.05, 3.63) is 23.2 Å². The molecule has 0 radical (unpaired) electrons. The highest BCUT2D eigenvalue weighted by atomic mass is 35.5. The molecule has 0 spiro atoms.